The molecular formula is C18H29N3O2. The van der Waals surface area contributed by atoms with E-state index in [0.717, 1.165) is 19.4 Å². The smallest absolute Gasteiger partial charge is 0.319 e. The highest BCUT2D eigenvalue weighted by atomic mass is 16.2. The fraction of sp³-hybridized carbons (Fsp3) is 0.556. The SMILES string of the molecule is CCCCN(CC)C(=O)C(NC(=O)Nc1ccccc1)C(C)C. The quantitative estimate of drug-likeness (QED) is 0.770. The second-order valence-electron chi connectivity index (χ2n) is 5.96. The molecule has 1 atom stereocenters. The maximum absolute atomic E-state index is 12.7. The Bertz CT molecular complexity index is 488. The van der Waals surface area contributed by atoms with Crippen molar-refractivity contribution in [1.82, 2.24) is 10.2 Å². The number of carbonyl (C=O) groups is 2. The first kappa shape index (κ1) is 19.0. The van der Waals surface area contributed by atoms with Crippen LogP contribution in [0, 0.1) is 5.92 Å². The van der Waals surface area contributed by atoms with Crippen LogP contribution >= 0.6 is 0 Å². The first-order chi connectivity index (χ1) is 11.0. The summed E-state index contributed by atoms with van der Waals surface area (Å²) < 4.78 is 0. The molecule has 0 heterocycles. The Balaban J connectivity index is 2.69. The van der Waals surface area contributed by atoms with Crippen molar-refractivity contribution in [2.45, 2.75) is 46.6 Å². The van der Waals surface area contributed by atoms with Gasteiger partial charge < -0.3 is 15.5 Å². The minimum absolute atomic E-state index is 0.0147. The molecule has 1 aromatic carbocycles. The number of para-hydroxylation sites is 1. The third-order valence-corrected chi connectivity index (χ3v) is 3.73. The van der Waals surface area contributed by atoms with Crippen LogP contribution in [-0.2, 0) is 4.79 Å². The van der Waals surface area contributed by atoms with Gasteiger partial charge in [-0.15, -0.1) is 0 Å². The minimum Gasteiger partial charge on any atom is -0.341 e. The van der Waals surface area contributed by atoms with Crippen molar-refractivity contribution in [1.29, 1.82) is 0 Å². The second kappa shape index (κ2) is 9.87. The first-order valence-electron chi connectivity index (χ1n) is 8.40. The molecule has 0 aliphatic heterocycles. The van der Waals surface area contributed by atoms with E-state index in [9.17, 15) is 9.59 Å². The lowest BCUT2D eigenvalue weighted by molar-refractivity contribution is -0.134. The predicted octanol–water partition coefficient (Wildman–Crippen LogP) is 3.48. The van der Waals surface area contributed by atoms with E-state index >= 15 is 0 Å². The molecule has 128 valence electrons. The van der Waals surface area contributed by atoms with Gasteiger partial charge in [0.1, 0.15) is 6.04 Å². The van der Waals surface area contributed by atoms with Crippen LogP contribution in [0.2, 0.25) is 0 Å². The molecule has 0 radical (unpaired) electrons. The maximum atomic E-state index is 12.7. The third-order valence-electron chi connectivity index (χ3n) is 3.73. The number of urea groups is 1. The Hall–Kier alpha value is -2.04. The number of benzene rings is 1. The number of hydrogen-bond acceptors (Lipinski definition) is 2. The van der Waals surface area contributed by atoms with Gasteiger partial charge in [0.2, 0.25) is 5.91 Å². The van der Waals surface area contributed by atoms with Gasteiger partial charge in [-0.05, 0) is 31.4 Å². The molecule has 0 aliphatic carbocycles. The number of rotatable bonds is 8. The van der Waals surface area contributed by atoms with Crippen molar-refractivity contribution in [2.24, 2.45) is 5.92 Å². The number of nitrogens with one attached hydrogen (secondary N) is 2. The van der Waals surface area contributed by atoms with Gasteiger partial charge >= 0.3 is 6.03 Å². The summed E-state index contributed by atoms with van der Waals surface area (Å²) in [6, 6.07) is 8.34. The zero-order valence-electron chi connectivity index (χ0n) is 14.6. The number of unbranched alkanes of at least 4 members (excludes halogenated alkanes) is 1. The summed E-state index contributed by atoms with van der Waals surface area (Å²) in [7, 11) is 0. The van der Waals surface area contributed by atoms with E-state index in [-0.39, 0.29) is 17.9 Å². The number of likely N-dealkylation sites (N-methyl/N-ethyl adjacent to an activating group) is 1. The van der Waals surface area contributed by atoms with Crippen LogP contribution in [0.15, 0.2) is 30.3 Å². The van der Waals surface area contributed by atoms with Crippen LogP contribution < -0.4 is 10.6 Å². The van der Waals surface area contributed by atoms with Gasteiger partial charge in [-0.3, -0.25) is 4.79 Å². The molecule has 23 heavy (non-hydrogen) atoms. The molecule has 0 aromatic heterocycles. The molecule has 1 rings (SSSR count). The number of carbonyl (C=O) groups excluding carboxylic acids is 2. The van der Waals surface area contributed by atoms with Gasteiger partial charge in [-0.2, -0.15) is 0 Å². The molecule has 0 saturated carbocycles. The Morgan fingerprint density at radius 1 is 1.13 bits per heavy atom. The molecule has 2 N–H and O–H groups in total. The molecular weight excluding hydrogens is 290 g/mol. The number of hydrogen-bond donors (Lipinski definition) is 2. The van der Waals surface area contributed by atoms with Crippen LogP contribution in [-0.4, -0.2) is 36.0 Å². The molecule has 5 nitrogen and oxygen atoms in total. The van der Waals surface area contributed by atoms with E-state index in [1.165, 1.54) is 0 Å². The molecule has 0 saturated heterocycles. The molecule has 0 fully saturated rings. The summed E-state index contributed by atoms with van der Waals surface area (Å²) >= 11 is 0. The molecule has 5 heteroatoms. The standard InChI is InChI=1S/C18H29N3O2/c1-5-7-13-21(6-2)17(22)16(14(3)4)20-18(23)19-15-11-9-8-10-12-15/h8-12,14,16H,5-7,13H2,1-4H3,(H2,19,20,23). The first-order valence-corrected chi connectivity index (χ1v) is 8.40. The van der Waals surface area contributed by atoms with Gasteiger partial charge in [0, 0.05) is 18.8 Å². The van der Waals surface area contributed by atoms with Crippen LogP contribution in [0.5, 0.6) is 0 Å². The van der Waals surface area contributed by atoms with Crippen LogP contribution in [0.1, 0.15) is 40.5 Å². The number of anilines is 1. The fourth-order valence-electron chi connectivity index (χ4n) is 2.31. The van der Waals surface area contributed by atoms with Crippen molar-refractivity contribution in [3.8, 4) is 0 Å². The van der Waals surface area contributed by atoms with E-state index in [2.05, 4.69) is 17.6 Å². The molecule has 0 bridgehead atoms. The third kappa shape index (κ3) is 6.30. The highest BCUT2D eigenvalue weighted by Gasteiger charge is 2.27. The van der Waals surface area contributed by atoms with Gasteiger partial charge in [-0.1, -0.05) is 45.4 Å². The summed E-state index contributed by atoms with van der Waals surface area (Å²) in [5, 5.41) is 5.58. The monoisotopic (exact) mass is 319 g/mol. The van der Waals surface area contributed by atoms with E-state index in [1.807, 2.05) is 56.0 Å². The highest BCUT2D eigenvalue weighted by molar-refractivity contribution is 5.93. The number of nitrogens with zero attached hydrogens (tertiary/aromatic N) is 1. The normalized spacial score (nSPS) is 11.9. The minimum atomic E-state index is -0.518. The van der Waals surface area contributed by atoms with Crippen molar-refractivity contribution in [3.05, 3.63) is 30.3 Å². The lowest BCUT2D eigenvalue weighted by Gasteiger charge is -2.29. The van der Waals surface area contributed by atoms with E-state index in [0.29, 0.717) is 12.2 Å². The fourth-order valence-corrected chi connectivity index (χ4v) is 2.31. The Kier molecular flexibility index (Phi) is 8.16. The Morgan fingerprint density at radius 3 is 2.30 bits per heavy atom. The average molecular weight is 319 g/mol. The second-order valence-corrected chi connectivity index (χ2v) is 5.96. The molecule has 1 aromatic rings. The topological polar surface area (TPSA) is 61.4 Å². The zero-order chi connectivity index (χ0) is 17.2. The van der Waals surface area contributed by atoms with Crippen molar-refractivity contribution >= 4 is 17.6 Å². The van der Waals surface area contributed by atoms with Crippen molar-refractivity contribution in [2.75, 3.05) is 18.4 Å². The van der Waals surface area contributed by atoms with Gasteiger partial charge in [0.25, 0.3) is 0 Å². The Labute approximate surface area is 139 Å². The molecule has 0 spiro atoms. The Morgan fingerprint density at radius 2 is 1.78 bits per heavy atom. The van der Waals surface area contributed by atoms with E-state index in [1.54, 1.807) is 0 Å². The van der Waals surface area contributed by atoms with Gasteiger partial charge in [-0.25, -0.2) is 4.79 Å². The maximum Gasteiger partial charge on any atom is 0.319 e. The summed E-state index contributed by atoms with van der Waals surface area (Å²) in [6.45, 7) is 9.35. The summed E-state index contributed by atoms with van der Waals surface area (Å²) in [4.78, 5) is 26.7. The van der Waals surface area contributed by atoms with E-state index < -0.39 is 6.04 Å². The van der Waals surface area contributed by atoms with Crippen LogP contribution in [0.3, 0.4) is 0 Å². The largest absolute Gasteiger partial charge is 0.341 e. The zero-order valence-corrected chi connectivity index (χ0v) is 14.6. The molecule has 1 unspecified atom stereocenters. The van der Waals surface area contributed by atoms with Crippen LogP contribution in [0.25, 0.3) is 0 Å². The predicted molar refractivity (Wildman–Crippen MR) is 94.4 cm³/mol. The van der Waals surface area contributed by atoms with Crippen molar-refractivity contribution < 1.29 is 9.59 Å². The number of amides is 3. The molecule has 3 amide bonds. The van der Waals surface area contributed by atoms with Crippen molar-refractivity contribution in [3.63, 3.8) is 0 Å². The highest BCUT2D eigenvalue weighted by Crippen LogP contribution is 2.09. The van der Waals surface area contributed by atoms with Gasteiger partial charge in [0.15, 0.2) is 0 Å². The van der Waals surface area contributed by atoms with Gasteiger partial charge in [0.05, 0.1) is 0 Å². The average Bonchev–Trinajstić information content (AvgIpc) is 2.53. The summed E-state index contributed by atoms with van der Waals surface area (Å²) in [5.74, 6) is 0.0128. The molecule has 0 aliphatic rings. The van der Waals surface area contributed by atoms with Crippen LogP contribution in [0.4, 0.5) is 10.5 Å². The lowest BCUT2D eigenvalue weighted by atomic mass is 10.0. The van der Waals surface area contributed by atoms with E-state index in [4.69, 9.17) is 0 Å². The lowest BCUT2D eigenvalue weighted by Crippen LogP contribution is -2.52. The summed E-state index contributed by atoms with van der Waals surface area (Å²) in [5.41, 5.74) is 0.707. The summed E-state index contributed by atoms with van der Waals surface area (Å²) in [6.07, 6.45) is 2.01.